The highest BCUT2D eigenvalue weighted by molar-refractivity contribution is 7.53. The predicted octanol–water partition coefficient (Wildman–Crippen LogP) is 7.37. The van der Waals surface area contributed by atoms with Crippen molar-refractivity contribution >= 4 is 19.2 Å². The van der Waals surface area contributed by atoms with Gasteiger partial charge in [-0.3, -0.25) is 14.2 Å². The Morgan fingerprint density at radius 1 is 0.761 bits per heavy atom. The van der Waals surface area contributed by atoms with Gasteiger partial charge < -0.3 is 20.4 Å². The topological polar surface area (TPSA) is 140 Å². The number of nitrogens with zero attached hydrogens (tertiary/aromatic N) is 2. The van der Waals surface area contributed by atoms with E-state index < -0.39 is 25.1 Å². The molecule has 4 N–H and O–H groups in total. The van der Waals surface area contributed by atoms with Crippen LogP contribution >= 0.6 is 7.60 Å². The van der Waals surface area contributed by atoms with Gasteiger partial charge in [0.1, 0.15) is 11.6 Å². The number of benzene rings is 2. The largest absolute Gasteiger partial charge is 0.437 e. The zero-order chi connectivity index (χ0) is 36.8. The number of alkyl halides is 5. The number of rotatable bonds is 9. The van der Waals surface area contributed by atoms with Gasteiger partial charge in [0, 0.05) is 6.92 Å². The number of likely N-dealkylation sites (N-methyl/N-ethyl adjacent to an activating group) is 2. The van der Waals surface area contributed by atoms with E-state index in [1.807, 2.05) is 102 Å². The molecule has 1 aliphatic heterocycles. The zero-order valence-corrected chi connectivity index (χ0v) is 29.1. The van der Waals surface area contributed by atoms with Crippen molar-refractivity contribution in [1.82, 2.24) is 10.6 Å². The van der Waals surface area contributed by atoms with Crippen molar-refractivity contribution in [2.24, 2.45) is 10.2 Å². The van der Waals surface area contributed by atoms with Gasteiger partial charge in [0.05, 0.1) is 12.1 Å². The molecule has 0 amide bonds. The molecule has 2 atom stereocenters. The normalized spacial score (nSPS) is 13.8. The van der Waals surface area contributed by atoms with Crippen molar-refractivity contribution in [1.29, 1.82) is 0 Å². The second-order valence-electron chi connectivity index (χ2n) is 9.39. The van der Waals surface area contributed by atoms with Crippen molar-refractivity contribution < 1.29 is 45.9 Å². The van der Waals surface area contributed by atoms with Crippen LogP contribution in [0.5, 0.6) is 0 Å². The van der Waals surface area contributed by atoms with Crippen molar-refractivity contribution in [3.63, 3.8) is 0 Å². The summed E-state index contributed by atoms with van der Waals surface area (Å²) in [5.74, 6) is 0.373. The van der Waals surface area contributed by atoms with Crippen LogP contribution in [-0.2, 0) is 27.0 Å². The Kier molecular flexibility index (Phi) is 24.2. The van der Waals surface area contributed by atoms with Crippen LogP contribution in [0.25, 0.3) is 0 Å². The molecular weight excluding hydrogens is 634 g/mol. The third kappa shape index (κ3) is 21.0. The van der Waals surface area contributed by atoms with Gasteiger partial charge in [-0.05, 0) is 58.8 Å². The highest BCUT2D eigenvalue weighted by Crippen LogP contribution is 2.52. The zero-order valence-electron chi connectivity index (χ0n) is 28.2. The van der Waals surface area contributed by atoms with Crippen LogP contribution < -0.4 is 10.6 Å². The molecule has 2 aromatic carbocycles. The van der Waals surface area contributed by atoms with Gasteiger partial charge in [0.2, 0.25) is 0 Å². The minimum absolute atomic E-state index is 0.0533. The fourth-order valence-electron chi connectivity index (χ4n) is 2.79. The van der Waals surface area contributed by atoms with Crippen LogP contribution in [0.15, 0.2) is 70.9 Å². The minimum atomic E-state index is -5.18. The van der Waals surface area contributed by atoms with E-state index in [1.165, 1.54) is 11.1 Å². The molecule has 1 heterocycles. The first kappa shape index (κ1) is 47.5. The van der Waals surface area contributed by atoms with E-state index in [0.717, 1.165) is 19.8 Å². The van der Waals surface area contributed by atoms with Gasteiger partial charge >= 0.3 is 19.4 Å². The summed E-state index contributed by atoms with van der Waals surface area (Å²) in [6, 6.07) is 19.9. The second kappa shape index (κ2) is 23.4. The molecule has 46 heavy (non-hydrogen) atoms. The molecule has 0 saturated carbocycles. The molecule has 9 nitrogen and oxygen atoms in total. The summed E-state index contributed by atoms with van der Waals surface area (Å²) >= 11 is 0. The van der Waals surface area contributed by atoms with Crippen LogP contribution in [0, 0.1) is 0 Å². The number of halogens is 5. The number of nitrogens with one attached hydrogen (secondary N) is 2. The smallest absolute Gasteiger partial charge is 0.320 e. The Balaban J connectivity index is -0.000000528. The Hall–Kier alpha value is -2.90. The highest BCUT2D eigenvalue weighted by atomic mass is 31.2. The lowest BCUT2D eigenvalue weighted by atomic mass is 10.0. The number of carbonyl (C=O) groups is 2. The molecule has 0 unspecified atom stereocenters. The fourth-order valence-corrected chi connectivity index (χ4v) is 2.79. The van der Waals surface area contributed by atoms with E-state index in [0.29, 0.717) is 0 Å². The van der Waals surface area contributed by atoms with Crippen molar-refractivity contribution in [3.8, 4) is 0 Å². The Labute approximate surface area is 269 Å². The van der Waals surface area contributed by atoms with E-state index >= 15 is 0 Å². The molecule has 264 valence electrons. The summed E-state index contributed by atoms with van der Waals surface area (Å²) in [4.78, 5) is 37.7. The minimum Gasteiger partial charge on any atom is -0.320 e. The lowest BCUT2D eigenvalue weighted by Gasteiger charge is -2.11. The van der Waals surface area contributed by atoms with E-state index in [4.69, 9.17) is 9.79 Å². The van der Waals surface area contributed by atoms with Crippen LogP contribution in [-0.4, -0.2) is 65.0 Å². The Bertz CT molecular complexity index is 1110. The molecule has 0 aliphatic carbocycles. The standard InChI is InChI=1S/2C11H15NO.C3H3F3N2.C2H5F2O3P.2C2H6/c2*1-9(13)11(12-2)8-10-6-4-3-5-7-10;1-2(7-8-2)3(4,5)6;1-2(3,4)8(5,6)7;2*1-2/h2*3-7,11-12H,8H2,1-2H3;1H3;1H3,(H2,5,6,7);2*1-2H3/t2*11-;;;;/m00..../s1. The average molecular weight is 685 g/mol. The lowest BCUT2D eigenvalue weighted by molar-refractivity contribution is -0.158. The van der Waals surface area contributed by atoms with E-state index in [-0.39, 0.29) is 30.6 Å². The van der Waals surface area contributed by atoms with Crippen LogP contribution in [0.1, 0.15) is 66.5 Å². The molecule has 1 aliphatic rings. The predicted molar refractivity (Wildman–Crippen MR) is 172 cm³/mol. The van der Waals surface area contributed by atoms with E-state index in [1.54, 1.807) is 13.8 Å². The van der Waals surface area contributed by atoms with Crippen LogP contribution in [0.3, 0.4) is 0 Å². The molecule has 0 radical (unpaired) electrons. The van der Waals surface area contributed by atoms with Gasteiger partial charge in [-0.25, -0.2) is 0 Å². The molecule has 0 aromatic heterocycles. The summed E-state index contributed by atoms with van der Waals surface area (Å²) in [6.45, 7) is 12.3. The number of hydrogen-bond acceptors (Lipinski definition) is 7. The first-order chi connectivity index (χ1) is 21.2. The fraction of sp³-hybridized carbons (Fsp3) is 0.548. The molecule has 3 rings (SSSR count). The van der Waals surface area contributed by atoms with Gasteiger partial charge in [0.25, 0.3) is 5.66 Å². The van der Waals surface area contributed by atoms with E-state index in [9.17, 15) is 36.1 Å². The van der Waals surface area contributed by atoms with Gasteiger partial charge in [0.15, 0.2) is 0 Å². The number of Topliss-reactive ketones (excluding diaryl/α,β-unsaturated/α-hetero) is 2. The van der Waals surface area contributed by atoms with Crippen LogP contribution in [0.2, 0.25) is 0 Å². The maximum absolute atomic E-state index is 11.5. The number of carbonyl (C=O) groups excluding carboxylic acids is 2. The lowest BCUT2D eigenvalue weighted by Crippen LogP contribution is -2.34. The van der Waals surface area contributed by atoms with Crippen molar-refractivity contribution in [2.75, 3.05) is 14.1 Å². The average Bonchev–Trinajstić information content (AvgIpc) is 3.76. The molecule has 15 heteroatoms. The quantitative estimate of drug-likeness (QED) is 0.160. The molecule has 0 spiro atoms. The Morgan fingerprint density at radius 3 is 1.15 bits per heavy atom. The summed E-state index contributed by atoms with van der Waals surface area (Å²) in [6.07, 6.45) is -2.74. The maximum atomic E-state index is 11.5. The summed E-state index contributed by atoms with van der Waals surface area (Å²) in [5, 5.41) is 11.6. The van der Waals surface area contributed by atoms with Crippen LogP contribution in [0.4, 0.5) is 22.0 Å². The highest BCUT2D eigenvalue weighted by Gasteiger charge is 2.59. The molecule has 0 bridgehead atoms. The summed E-state index contributed by atoms with van der Waals surface area (Å²) < 4.78 is 66.8. The van der Waals surface area contributed by atoms with Crippen molar-refractivity contribution in [2.45, 2.75) is 97.8 Å². The van der Waals surface area contributed by atoms with Gasteiger partial charge in [-0.15, -0.1) is 10.2 Å². The number of hydrogen-bond donors (Lipinski definition) is 4. The van der Waals surface area contributed by atoms with Crippen molar-refractivity contribution in [3.05, 3.63) is 71.8 Å². The second-order valence-corrected chi connectivity index (χ2v) is 11.3. The third-order valence-corrected chi connectivity index (χ3v) is 6.72. The monoisotopic (exact) mass is 684 g/mol. The summed E-state index contributed by atoms with van der Waals surface area (Å²) in [5.41, 5.74) is -3.57. The van der Waals surface area contributed by atoms with E-state index in [2.05, 4.69) is 20.9 Å². The molecule has 0 fully saturated rings. The van der Waals surface area contributed by atoms with Gasteiger partial charge in [-0.1, -0.05) is 88.4 Å². The molecular formula is C31H50F5N4O5P. The molecule has 2 aromatic rings. The SMILES string of the molecule is CC.CC.CC(F)(F)P(=O)(O)O.CC1(C(F)(F)F)N=N1.CN[C@@H](Cc1ccccc1)C(C)=O.CN[C@@H](Cc1ccccc1)C(C)=O. The number of ketones is 2. The summed E-state index contributed by atoms with van der Waals surface area (Å²) in [7, 11) is -1.55. The first-order valence-corrected chi connectivity index (χ1v) is 16.2. The third-order valence-electron chi connectivity index (χ3n) is 5.69. The molecule has 0 saturated heterocycles. The van der Waals surface area contributed by atoms with Gasteiger partial charge in [-0.2, -0.15) is 22.0 Å². The Morgan fingerprint density at radius 2 is 1.02 bits per heavy atom. The first-order valence-electron chi connectivity index (χ1n) is 14.6. The maximum Gasteiger partial charge on any atom is 0.437 e.